The Bertz CT molecular complexity index is 1530. The van der Waals surface area contributed by atoms with Crippen LogP contribution in [0.2, 0.25) is 0 Å². The molecule has 0 unspecified atom stereocenters. The predicted molar refractivity (Wildman–Crippen MR) is 141 cm³/mol. The fourth-order valence-electron chi connectivity index (χ4n) is 5.20. The zero-order valence-corrected chi connectivity index (χ0v) is 21.4. The predicted octanol–water partition coefficient (Wildman–Crippen LogP) is 2.49. The van der Waals surface area contributed by atoms with Gasteiger partial charge in [0.05, 0.1) is 17.1 Å². The van der Waals surface area contributed by atoms with Gasteiger partial charge in [-0.05, 0) is 63.0 Å². The van der Waals surface area contributed by atoms with E-state index in [9.17, 15) is 18.4 Å². The molecule has 2 aromatic rings. The van der Waals surface area contributed by atoms with Crippen molar-refractivity contribution >= 4 is 11.6 Å². The first-order chi connectivity index (χ1) is 18.6. The lowest BCUT2D eigenvalue weighted by atomic mass is 9.98. The quantitative estimate of drug-likeness (QED) is 0.452. The molecule has 0 radical (unpaired) electrons. The summed E-state index contributed by atoms with van der Waals surface area (Å²) in [6.07, 6.45) is 9.24. The van der Waals surface area contributed by atoms with Crippen molar-refractivity contribution in [1.29, 1.82) is 5.41 Å². The van der Waals surface area contributed by atoms with Crippen LogP contribution in [0, 0.1) is 22.5 Å². The molecule has 1 aromatic heterocycles. The Morgan fingerprint density at radius 1 is 1.15 bits per heavy atom. The van der Waals surface area contributed by atoms with Crippen LogP contribution in [0.25, 0.3) is 5.69 Å². The van der Waals surface area contributed by atoms with E-state index in [4.69, 9.17) is 11.1 Å². The number of likely N-dealkylation sites (tertiary alicyclic amines) is 1. The Morgan fingerprint density at radius 3 is 2.51 bits per heavy atom. The lowest BCUT2D eigenvalue weighted by Gasteiger charge is -2.29. The number of aromatic nitrogens is 2. The van der Waals surface area contributed by atoms with Gasteiger partial charge in [0.2, 0.25) is 0 Å². The molecule has 3 aliphatic carbocycles. The van der Waals surface area contributed by atoms with Crippen molar-refractivity contribution < 1.29 is 13.6 Å². The number of benzene rings is 1. The topological polar surface area (TPSA) is 129 Å². The fraction of sp³-hybridized carbons (Fsp3) is 0.357. The molecular formula is C28H29F2N7O2. The third kappa shape index (κ3) is 4.56. The summed E-state index contributed by atoms with van der Waals surface area (Å²) in [4.78, 5) is 27.9. The molecule has 3 fully saturated rings. The second kappa shape index (κ2) is 8.98. The van der Waals surface area contributed by atoms with Crippen molar-refractivity contribution in [3.8, 4) is 5.69 Å². The molecule has 2 saturated carbocycles. The number of nitrogens with one attached hydrogen (secondary N) is 3. The lowest BCUT2D eigenvalue weighted by molar-refractivity contribution is 0.0959. The van der Waals surface area contributed by atoms with E-state index in [0.29, 0.717) is 40.5 Å². The van der Waals surface area contributed by atoms with Gasteiger partial charge in [-0.25, -0.2) is 8.78 Å². The average Bonchev–Trinajstić information content (AvgIpc) is 3.80. The summed E-state index contributed by atoms with van der Waals surface area (Å²) in [7, 11) is 0. The Morgan fingerprint density at radius 2 is 1.87 bits per heavy atom. The van der Waals surface area contributed by atoms with E-state index in [1.807, 2.05) is 6.20 Å². The van der Waals surface area contributed by atoms with E-state index in [1.54, 1.807) is 12.2 Å². The Labute approximate surface area is 223 Å². The molecule has 1 atom stereocenters. The number of carbonyl (C=O) groups excluding carboxylic acids is 1. The zero-order valence-electron chi connectivity index (χ0n) is 21.4. The minimum atomic E-state index is -0.980. The van der Waals surface area contributed by atoms with E-state index >= 15 is 0 Å². The van der Waals surface area contributed by atoms with Crippen LogP contribution in [0.4, 0.5) is 8.78 Å². The number of carbonyl (C=O) groups is 1. The largest absolute Gasteiger partial charge is 0.385 e. The molecule has 39 heavy (non-hydrogen) atoms. The third-order valence-electron chi connectivity index (χ3n) is 8.13. The number of amides is 1. The molecule has 2 heterocycles. The van der Waals surface area contributed by atoms with Gasteiger partial charge in [-0.2, -0.15) is 9.78 Å². The molecular weight excluding hydrogens is 504 g/mol. The number of hydrogen-bond acceptors (Lipinski definition) is 7. The molecule has 6 rings (SSSR count). The minimum Gasteiger partial charge on any atom is -0.385 e. The van der Waals surface area contributed by atoms with Crippen molar-refractivity contribution in [2.24, 2.45) is 11.1 Å². The Balaban J connectivity index is 1.37. The number of nitrogens with zero attached hydrogens (tertiary/aromatic N) is 3. The molecule has 9 nitrogen and oxygen atoms in total. The SMILES string of the molecule is CC1(N/C=C2\C(=N)C=CC(NC(=O)c3ccc(=O)n(-c4c(F)cccc4F)n3)=C2N2C[C@H](N)C3(CC3)C2)CC1. The molecule has 5 N–H and O–H groups in total. The first-order valence-electron chi connectivity index (χ1n) is 13.0. The first kappa shape index (κ1) is 25.2. The van der Waals surface area contributed by atoms with Crippen LogP contribution in [0.3, 0.4) is 0 Å². The van der Waals surface area contributed by atoms with Gasteiger partial charge in [-0.15, -0.1) is 0 Å². The minimum absolute atomic E-state index is 0.0122. The summed E-state index contributed by atoms with van der Waals surface area (Å²) in [6, 6.07) is 5.43. The number of halogens is 2. The van der Waals surface area contributed by atoms with Gasteiger partial charge in [-0.1, -0.05) is 6.07 Å². The number of allylic oxidation sites excluding steroid dienone is 3. The summed E-state index contributed by atoms with van der Waals surface area (Å²) in [5, 5.41) is 18.9. The summed E-state index contributed by atoms with van der Waals surface area (Å²) >= 11 is 0. The van der Waals surface area contributed by atoms with Gasteiger partial charge in [0, 0.05) is 47.9 Å². The molecule has 202 valence electrons. The summed E-state index contributed by atoms with van der Waals surface area (Å²) in [5.41, 5.74) is 6.95. The maximum absolute atomic E-state index is 14.4. The third-order valence-corrected chi connectivity index (χ3v) is 8.13. The maximum Gasteiger partial charge on any atom is 0.276 e. The highest BCUT2D eigenvalue weighted by molar-refractivity contribution is 6.11. The molecule has 1 spiro atoms. The van der Waals surface area contributed by atoms with Gasteiger partial charge in [0.25, 0.3) is 11.5 Å². The van der Waals surface area contributed by atoms with Crippen molar-refractivity contribution in [1.82, 2.24) is 25.3 Å². The van der Waals surface area contributed by atoms with E-state index in [1.165, 1.54) is 12.1 Å². The monoisotopic (exact) mass is 533 g/mol. The summed E-state index contributed by atoms with van der Waals surface area (Å²) in [6.45, 7) is 3.41. The lowest BCUT2D eigenvalue weighted by Crippen LogP contribution is -2.36. The van der Waals surface area contributed by atoms with Gasteiger partial charge in [0.1, 0.15) is 11.4 Å². The first-order valence-corrected chi connectivity index (χ1v) is 13.0. The van der Waals surface area contributed by atoms with Crippen molar-refractivity contribution in [3.05, 3.63) is 93.3 Å². The fourth-order valence-corrected chi connectivity index (χ4v) is 5.20. The normalized spacial score (nSPS) is 23.5. The molecule has 1 saturated heterocycles. The van der Waals surface area contributed by atoms with Gasteiger partial charge >= 0.3 is 0 Å². The van der Waals surface area contributed by atoms with Gasteiger partial charge < -0.3 is 26.7 Å². The summed E-state index contributed by atoms with van der Waals surface area (Å²) < 4.78 is 29.3. The summed E-state index contributed by atoms with van der Waals surface area (Å²) in [5.74, 6) is -2.63. The maximum atomic E-state index is 14.4. The van der Waals surface area contributed by atoms with E-state index in [0.717, 1.165) is 43.9 Å². The standard InChI is InChI=1S/C28H29F2N7O2/c1-27(9-10-27)33-13-16-19(31)5-6-20(24(16)36-14-22(32)28(15-36)11-12-28)34-26(39)21-7-8-23(38)37(35-21)25-17(29)3-2-4-18(25)30/h2-8,13,22,31,33H,9-12,14-15,32H2,1H3,(H,34,39)/b16-13+,31-19?/t22-/m0/s1. The zero-order chi connectivity index (χ0) is 27.5. The highest BCUT2D eigenvalue weighted by Crippen LogP contribution is 2.53. The number of rotatable bonds is 6. The molecule has 0 bridgehead atoms. The average molecular weight is 534 g/mol. The van der Waals surface area contributed by atoms with Crippen LogP contribution in [-0.2, 0) is 0 Å². The molecule has 1 aliphatic heterocycles. The van der Waals surface area contributed by atoms with E-state index in [2.05, 4.69) is 27.6 Å². The van der Waals surface area contributed by atoms with Gasteiger partial charge in [-0.3, -0.25) is 9.59 Å². The van der Waals surface area contributed by atoms with E-state index in [-0.39, 0.29) is 22.7 Å². The van der Waals surface area contributed by atoms with Crippen LogP contribution in [-0.4, -0.2) is 51.0 Å². The van der Waals surface area contributed by atoms with Crippen LogP contribution in [0.1, 0.15) is 43.1 Å². The highest BCUT2D eigenvalue weighted by atomic mass is 19.1. The smallest absolute Gasteiger partial charge is 0.276 e. The van der Waals surface area contributed by atoms with Crippen LogP contribution >= 0.6 is 0 Å². The van der Waals surface area contributed by atoms with Crippen LogP contribution < -0.4 is 21.9 Å². The van der Waals surface area contributed by atoms with Crippen LogP contribution in [0.5, 0.6) is 0 Å². The second-order valence-electron chi connectivity index (χ2n) is 11.1. The Kier molecular flexibility index (Phi) is 5.79. The van der Waals surface area contributed by atoms with Gasteiger partial charge in [0.15, 0.2) is 11.6 Å². The van der Waals surface area contributed by atoms with Crippen molar-refractivity contribution in [2.75, 3.05) is 13.1 Å². The van der Waals surface area contributed by atoms with Crippen molar-refractivity contribution in [3.63, 3.8) is 0 Å². The number of hydrogen-bond donors (Lipinski definition) is 4. The Hall–Kier alpha value is -4.12. The molecule has 4 aliphatic rings. The van der Waals surface area contributed by atoms with E-state index < -0.39 is 28.8 Å². The van der Waals surface area contributed by atoms with Crippen LogP contribution in [0.15, 0.2) is 70.4 Å². The number of nitrogens with two attached hydrogens (primary N) is 1. The number of para-hydroxylation sites is 1. The second-order valence-corrected chi connectivity index (χ2v) is 11.1. The molecule has 1 amide bonds. The molecule has 1 aromatic carbocycles. The highest BCUT2D eigenvalue weighted by Gasteiger charge is 2.54. The molecule has 11 heteroatoms. The van der Waals surface area contributed by atoms with Crippen molar-refractivity contribution in [2.45, 2.75) is 44.2 Å².